The van der Waals surface area contributed by atoms with E-state index in [-0.39, 0.29) is 5.91 Å². The Morgan fingerprint density at radius 3 is 2.94 bits per heavy atom. The molecule has 4 nitrogen and oxygen atoms in total. The minimum Gasteiger partial charge on any atom is -0.299 e. The molecule has 1 rings (SSSR count). The first-order valence-corrected chi connectivity index (χ1v) is 6.51. The Morgan fingerprint density at radius 2 is 2.38 bits per heavy atom. The monoisotopic (exact) mass is 275 g/mol. The number of nitrogens with zero attached hydrogens (tertiary/aromatic N) is 2. The molecule has 0 aliphatic rings. The number of aromatic nitrogens is 2. The Labute approximate surface area is 107 Å². The number of amides is 1. The maximum atomic E-state index is 11.5. The molecule has 16 heavy (non-hydrogen) atoms. The highest BCUT2D eigenvalue weighted by Crippen LogP contribution is 2.26. The van der Waals surface area contributed by atoms with Gasteiger partial charge in [-0.05, 0) is 13.8 Å². The van der Waals surface area contributed by atoms with E-state index in [0.717, 1.165) is 4.34 Å². The van der Waals surface area contributed by atoms with Gasteiger partial charge in [-0.1, -0.05) is 29.0 Å². The van der Waals surface area contributed by atoms with E-state index in [2.05, 4.69) is 21.4 Å². The van der Waals surface area contributed by atoms with Crippen LogP contribution in [0.25, 0.3) is 0 Å². The van der Waals surface area contributed by atoms with Gasteiger partial charge in [-0.2, -0.15) is 0 Å². The number of thioether (sulfide) groups is 1. The fraction of sp³-hybridized carbons (Fsp3) is 0.444. The van der Waals surface area contributed by atoms with E-state index in [9.17, 15) is 4.79 Å². The standard InChI is InChI=1S/C9H10ClN3OS2/c1-4-5-15-8-13-12-7(16-8)11-6(14)9(2,3)10/h1H,5H2,2-3H3,(H,11,12,14). The molecule has 0 saturated heterocycles. The molecular formula is C9H10ClN3OS2. The van der Waals surface area contributed by atoms with Gasteiger partial charge in [0.05, 0.1) is 5.75 Å². The molecule has 7 heteroatoms. The molecule has 0 unspecified atom stereocenters. The number of rotatable bonds is 4. The molecule has 0 atom stereocenters. The van der Waals surface area contributed by atoms with Gasteiger partial charge < -0.3 is 0 Å². The zero-order chi connectivity index (χ0) is 12.2. The van der Waals surface area contributed by atoms with Gasteiger partial charge in [0.25, 0.3) is 0 Å². The zero-order valence-corrected chi connectivity index (χ0v) is 11.2. The SMILES string of the molecule is C#CCSc1nnc(NC(=O)C(C)(C)Cl)s1. The molecule has 0 radical (unpaired) electrons. The second-order valence-electron chi connectivity index (χ2n) is 3.29. The first kappa shape index (κ1) is 13.3. The second-order valence-corrected chi connectivity index (χ2v) is 6.44. The number of carbonyl (C=O) groups excluding carboxylic acids is 1. The van der Waals surface area contributed by atoms with Crippen LogP contribution in [0.15, 0.2) is 4.34 Å². The molecule has 1 heterocycles. The van der Waals surface area contributed by atoms with Crippen LogP contribution in [0.1, 0.15) is 13.8 Å². The molecule has 0 spiro atoms. The Bertz CT molecular complexity index is 419. The second kappa shape index (κ2) is 5.53. The van der Waals surface area contributed by atoms with Gasteiger partial charge in [0, 0.05) is 0 Å². The van der Waals surface area contributed by atoms with E-state index >= 15 is 0 Å². The van der Waals surface area contributed by atoms with E-state index in [1.807, 2.05) is 0 Å². The molecule has 0 aliphatic carbocycles. The van der Waals surface area contributed by atoms with E-state index < -0.39 is 4.87 Å². The van der Waals surface area contributed by atoms with Crippen LogP contribution < -0.4 is 5.32 Å². The summed E-state index contributed by atoms with van der Waals surface area (Å²) in [5, 5.41) is 10.7. The zero-order valence-electron chi connectivity index (χ0n) is 8.78. The number of hydrogen-bond acceptors (Lipinski definition) is 5. The highest BCUT2D eigenvalue weighted by molar-refractivity contribution is 8.01. The summed E-state index contributed by atoms with van der Waals surface area (Å²) in [6.07, 6.45) is 5.12. The summed E-state index contributed by atoms with van der Waals surface area (Å²) in [4.78, 5) is 10.6. The number of carbonyl (C=O) groups is 1. The highest BCUT2D eigenvalue weighted by atomic mass is 35.5. The third kappa shape index (κ3) is 4.00. The fourth-order valence-corrected chi connectivity index (χ4v) is 2.14. The number of hydrogen-bond donors (Lipinski definition) is 1. The summed E-state index contributed by atoms with van der Waals surface area (Å²) in [6.45, 7) is 3.22. The molecule has 1 aromatic heterocycles. The molecule has 86 valence electrons. The Balaban J connectivity index is 2.59. The Hall–Kier alpha value is -0.770. The highest BCUT2D eigenvalue weighted by Gasteiger charge is 2.25. The Kier molecular flexibility index (Phi) is 4.59. The van der Waals surface area contributed by atoms with E-state index in [1.54, 1.807) is 13.8 Å². The number of terminal acetylenes is 1. The number of nitrogens with one attached hydrogen (secondary N) is 1. The average Bonchev–Trinajstić information content (AvgIpc) is 2.61. The van der Waals surface area contributed by atoms with E-state index in [4.69, 9.17) is 18.0 Å². The van der Waals surface area contributed by atoms with Crippen molar-refractivity contribution in [3.63, 3.8) is 0 Å². The van der Waals surface area contributed by atoms with Crippen molar-refractivity contribution in [2.45, 2.75) is 23.1 Å². The molecule has 0 aliphatic heterocycles. The lowest BCUT2D eigenvalue weighted by atomic mass is 10.2. The van der Waals surface area contributed by atoms with Crippen LogP contribution in [0, 0.1) is 12.3 Å². The summed E-state index contributed by atoms with van der Waals surface area (Å²) in [5.41, 5.74) is 0. The Morgan fingerprint density at radius 1 is 1.69 bits per heavy atom. The third-order valence-electron chi connectivity index (χ3n) is 1.45. The van der Waals surface area contributed by atoms with Crippen molar-refractivity contribution in [1.82, 2.24) is 10.2 Å². The van der Waals surface area contributed by atoms with Gasteiger partial charge in [-0.3, -0.25) is 10.1 Å². The van der Waals surface area contributed by atoms with Crippen LogP contribution in [0.5, 0.6) is 0 Å². The third-order valence-corrected chi connectivity index (χ3v) is 3.49. The van der Waals surface area contributed by atoms with Crippen molar-refractivity contribution in [1.29, 1.82) is 0 Å². The van der Waals surface area contributed by atoms with Crippen molar-refractivity contribution in [3.8, 4) is 12.3 Å². The predicted molar refractivity (Wildman–Crippen MR) is 68.0 cm³/mol. The maximum absolute atomic E-state index is 11.5. The lowest BCUT2D eigenvalue weighted by molar-refractivity contribution is -0.117. The fourth-order valence-electron chi connectivity index (χ4n) is 0.668. The maximum Gasteiger partial charge on any atom is 0.246 e. The van der Waals surface area contributed by atoms with Crippen LogP contribution in [0.2, 0.25) is 0 Å². The topological polar surface area (TPSA) is 54.9 Å². The van der Waals surface area contributed by atoms with Crippen LogP contribution in [0.3, 0.4) is 0 Å². The summed E-state index contributed by atoms with van der Waals surface area (Å²) in [5.74, 6) is 2.71. The van der Waals surface area contributed by atoms with Crippen molar-refractivity contribution in [3.05, 3.63) is 0 Å². The van der Waals surface area contributed by atoms with Crippen LogP contribution >= 0.6 is 34.7 Å². The van der Waals surface area contributed by atoms with Crippen molar-refractivity contribution < 1.29 is 4.79 Å². The van der Waals surface area contributed by atoms with Crippen LogP contribution in [-0.4, -0.2) is 26.7 Å². The summed E-state index contributed by atoms with van der Waals surface area (Å²) < 4.78 is 0.723. The number of halogens is 1. The molecule has 1 amide bonds. The lowest BCUT2D eigenvalue weighted by Crippen LogP contribution is -2.31. The minimum atomic E-state index is -0.961. The molecule has 0 aromatic carbocycles. The largest absolute Gasteiger partial charge is 0.299 e. The van der Waals surface area contributed by atoms with Gasteiger partial charge in [-0.15, -0.1) is 28.2 Å². The lowest BCUT2D eigenvalue weighted by Gasteiger charge is -2.12. The predicted octanol–water partition coefficient (Wildman–Crippen LogP) is 2.22. The van der Waals surface area contributed by atoms with Gasteiger partial charge in [0.1, 0.15) is 4.87 Å². The van der Waals surface area contributed by atoms with Gasteiger partial charge in [-0.25, -0.2) is 0 Å². The van der Waals surface area contributed by atoms with Gasteiger partial charge >= 0.3 is 0 Å². The molecule has 1 N–H and O–H groups in total. The van der Waals surface area contributed by atoms with Crippen LogP contribution in [-0.2, 0) is 4.79 Å². The first-order valence-electron chi connectivity index (χ1n) is 4.33. The van der Waals surface area contributed by atoms with E-state index in [1.165, 1.54) is 23.1 Å². The average molecular weight is 276 g/mol. The molecule has 0 fully saturated rings. The summed E-state index contributed by atoms with van der Waals surface area (Å²) in [6, 6.07) is 0. The first-order chi connectivity index (χ1) is 7.43. The number of alkyl halides is 1. The van der Waals surface area contributed by atoms with Crippen molar-refractivity contribution >= 4 is 45.7 Å². The molecular weight excluding hydrogens is 266 g/mol. The van der Waals surface area contributed by atoms with Gasteiger partial charge in [0.15, 0.2) is 4.34 Å². The minimum absolute atomic E-state index is 0.307. The molecule has 0 saturated carbocycles. The van der Waals surface area contributed by atoms with Crippen molar-refractivity contribution in [2.75, 3.05) is 11.1 Å². The molecule has 1 aromatic rings. The smallest absolute Gasteiger partial charge is 0.246 e. The van der Waals surface area contributed by atoms with Crippen molar-refractivity contribution in [2.24, 2.45) is 0 Å². The van der Waals surface area contributed by atoms with Gasteiger partial charge in [0.2, 0.25) is 11.0 Å². The van der Waals surface area contributed by atoms with Crippen LogP contribution in [0.4, 0.5) is 5.13 Å². The normalized spacial score (nSPS) is 10.9. The number of anilines is 1. The quantitative estimate of drug-likeness (QED) is 0.396. The van der Waals surface area contributed by atoms with E-state index in [0.29, 0.717) is 10.9 Å². The summed E-state index contributed by atoms with van der Waals surface area (Å²) in [7, 11) is 0. The summed E-state index contributed by atoms with van der Waals surface area (Å²) >= 11 is 8.51. The molecule has 0 bridgehead atoms.